The largest absolute Gasteiger partial charge is 0.364 e. The van der Waals surface area contributed by atoms with E-state index in [1.807, 2.05) is 0 Å². The molecular formula is C18H14O. The number of rotatable bonds is 0. The molecule has 5 rings (SSSR count). The van der Waals surface area contributed by atoms with Crippen molar-refractivity contribution in [1.29, 1.82) is 0 Å². The molecule has 1 heteroatoms. The second-order valence-corrected chi connectivity index (χ2v) is 5.69. The fraction of sp³-hybridized carbons (Fsp3) is 0.222. The average molecular weight is 246 g/mol. The van der Waals surface area contributed by atoms with E-state index in [-0.39, 0.29) is 0 Å². The summed E-state index contributed by atoms with van der Waals surface area (Å²) in [6, 6.07) is 17.8. The molecule has 1 saturated heterocycles. The van der Waals surface area contributed by atoms with Crippen molar-refractivity contribution in [2.75, 3.05) is 0 Å². The smallest absolute Gasteiger partial charge is 0.109 e. The van der Waals surface area contributed by atoms with Crippen molar-refractivity contribution < 1.29 is 4.74 Å². The molecule has 1 fully saturated rings. The number of ether oxygens (including phenoxy) is 1. The molecule has 0 bridgehead atoms. The molecule has 1 aliphatic heterocycles. The Kier molecular flexibility index (Phi) is 1.77. The Morgan fingerprint density at radius 3 is 2.63 bits per heavy atom. The fourth-order valence-corrected chi connectivity index (χ4v) is 3.56. The molecule has 2 aliphatic rings. The fourth-order valence-electron chi connectivity index (χ4n) is 3.56. The van der Waals surface area contributed by atoms with E-state index < -0.39 is 0 Å². The van der Waals surface area contributed by atoms with Crippen LogP contribution in [0.3, 0.4) is 0 Å². The second-order valence-electron chi connectivity index (χ2n) is 5.69. The lowest BCUT2D eigenvalue weighted by Gasteiger charge is -2.15. The monoisotopic (exact) mass is 246 g/mol. The molecule has 0 radical (unpaired) electrons. The minimum absolute atomic E-state index is 0.389. The SMILES string of the molecule is c1ccc2cc3c4c(ccc3cc2c1)[C@@H]1O[C@@H]1CC4. The lowest BCUT2D eigenvalue weighted by molar-refractivity contribution is 0.373. The molecule has 0 spiro atoms. The van der Waals surface area contributed by atoms with Gasteiger partial charge in [0, 0.05) is 0 Å². The summed E-state index contributed by atoms with van der Waals surface area (Å²) >= 11 is 0. The Morgan fingerprint density at radius 2 is 1.74 bits per heavy atom. The van der Waals surface area contributed by atoms with E-state index in [0.29, 0.717) is 12.2 Å². The molecule has 19 heavy (non-hydrogen) atoms. The minimum Gasteiger partial charge on any atom is -0.364 e. The summed E-state index contributed by atoms with van der Waals surface area (Å²) in [6.07, 6.45) is 3.24. The molecule has 0 unspecified atom stereocenters. The van der Waals surface area contributed by atoms with Crippen LogP contribution in [0.1, 0.15) is 23.7 Å². The van der Waals surface area contributed by atoms with Crippen LogP contribution in [0, 0.1) is 0 Å². The Hall–Kier alpha value is -1.86. The molecule has 0 N–H and O–H groups in total. The van der Waals surface area contributed by atoms with Gasteiger partial charge in [0.15, 0.2) is 0 Å². The van der Waals surface area contributed by atoms with Gasteiger partial charge < -0.3 is 4.74 Å². The van der Waals surface area contributed by atoms with E-state index in [4.69, 9.17) is 4.74 Å². The van der Waals surface area contributed by atoms with Gasteiger partial charge in [-0.1, -0.05) is 36.4 Å². The topological polar surface area (TPSA) is 12.5 Å². The first kappa shape index (κ1) is 9.99. The Balaban J connectivity index is 1.89. The van der Waals surface area contributed by atoms with E-state index >= 15 is 0 Å². The first-order valence-corrected chi connectivity index (χ1v) is 7.00. The molecule has 0 amide bonds. The van der Waals surface area contributed by atoms with Gasteiger partial charge in [0.2, 0.25) is 0 Å². The Morgan fingerprint density at radius 1 is 0.895 bits per heavy atom. The van der Waals surface area contributed by atoms with Crippen LogP contribution in [-0.4, -0.2) is 6.10 Å². The lowest BCUT2D eigenvalue weighted by atomic mass is 9.87. The number of aryl methyl sites for hydroxylation is 1. The number of hydrogen-bond acceptors (Lipinski definition) is 1. The van der Waals surface area contributed by atoms with Gasteiger partial charge in [-0.15, -0.1) is 0 Å². The first-order chi connectivity index (χ1) is 9.40. The predicted molar refractivity (Wildman–Crippen MR) is 77.4 cm³/mol. The summed E-state index contributed by atoms with van der Waals surface area (Å²) < 4.78 is 5.74. The third kappa shape index (κ3) is 1.34. The molecule has 0 saturated carbocycles. The van der Waals surface area contributed by atoms with E-state index in [0.717, 1.165) is 6.42 Å². The summed E-state index contributed by atoms with van der Waals surface area (Å²) in [7, 11) is 0. The number of benzene rings is 3. The van der Waals surface area contributed by atoms with Gasteiger partial charge in [-0.25, -0.2) is 0 Å². The predicted octanol–water partition coefficient (Wildman–Crippen LogP) is 4.38. The summed E-state index contributed by atoms with van der Waals surface area (Å²) in [4.78, 5) is 0. The van der Waals surface area contributed by atoms with Crippen molar-refractivity contribution in [3.63, 3.8) is 0 Å². The van der Waals surface area contributed by atoms with Crippen LogP contribution in [0.15, 0.2) is 48.5 Å². The van der Waals surface area contributed by atoms with Crippen molar-refractivity contribution in [2.24, 2.45) is 0 Å². The standard InChI is InChI=1S/C18H14O/c1-2-4-12-10-16-13(9-11(12)3-1)5-6-15-14(16)7-8-17-18(15)19-17/h1-6,9-10,17-18H,7-8H2/t17-,18+/m1/s1. The van der Waals surface area contributed by atoms with Crippen LogP contribution in [0.4, 0.5) is 0 Å². The van der Waals surface area contributed by atoms with Gasteiger partial charge >= 0.3 is 0 Å². The maximum Gasteiger partial charge on any atom is 0.109 e. The molecule has 1 aliphatic carbocycles. The summed E-state index contributed by atoms with van der Waals surface area (Å²) in [6.45, 7) is 0. The van der Waals surface area contributed by atoms with Gasteiger partial charge in [-0.05, 0) is 57.6 Å². The van der Waals surface area contributed by atoms with Crippen LogP contribution in [0.5, 0.6) is 0 Å². The van der Waals surface area contributed by atoms with Crippen LogP contribution >= 0.6 is 0 Å². The van der Waals surface area contributed by atoms with E-state index in [1.54, 1.807) is 0 Å². The maximum atomic E-state index is 5.74. The van der Waals surface area contributed by atoms with E-state index in [2.05, 4.69) is 48.5 Å². The highest BCUT2D eigenvalue weighted by molar-refractivity contribution is 6.00. The number of hydrogen-bond donors (Lipinski definition) is 0. The van der Waals surface area contributed by atoms with Crippen LogP contribution in [-0.2, 0) is 11.2 Å². The van der Waals surface area contributed by atoms with Crippen molar-refractivity contribution in [2.45, 2.75) is 25.0 Å². The zero-order valence-corrected chi connectivity index (χ0v) is 10.6. The van der Waals surface area contributed by atoms with Crippen molar-refractivity contribution >= 4 is 21.5 Å². The van der Waals surface area contributed by atoms with Crippen LogP contribution in [0.2, 0.25) is 0 Å². The molecule has 2 atom stereocenters. The van der Waals surface area contributed by atoms with Crippen molar-refractivity contribution in [3.05, 3.63) is 59.7 Å². The van der Waals surface area contributed by atoms with E-state index in [1.165, 1.54) is 39.1 Å². The van der Waals surface area contributed by atoms with E-state index in [9.17, 15) is 0 Å². The number of fused-ring (bicyclic) bond motifs is 6. The highest BCUT2D eigenvalue weighted by atomic mass is 16.6. The molecule has 1 heterocycles. The molecule has 3 aromatic carbocycles. The van der Waals surface area contributed by atoms with Gasteiger partial charge in [-0.2, -0.15) is 0 Å². The molecule has 0 aromatic heterocycles. The highest BCUT2D eigenvalue weighted by Crippen LogP contribution is 2.48. The summed E-state index contributed by atoms with van der Waals surface area (Å²) in [5.74, 6) is 0. The molecule has 92 valence electrons. The molecule has 1 nitrogen and oxygen atoms in total. The average Bonchev–Trinajstić information content (AvgIpc) is 3.24. The highest BCUT2D eigenvalue weighted by Gasteiger charge is 2.44. The zero-order valence-electron chi connectivity index (χ0n) is 10.6. The third-order valence-corrected chi connectivity index (χ3v) is 4.60. The second kappa shape index (κ2) is 3.37. The molecular weight excluding hydrogens is 232 g/mol. The molecule has 3 aromatic rings. The third-order valence-electron chi connectivity index (χ3n) is 4.60. The van der Waals surface area contributed by atoms with Crippen LogP contribution in [0.25, 0.3) is 21.5 Å². The maximum absolute atomic E-state index is 5.74. The minimum atomic E-state index is 0.389. The summed E-state index contributed by atoms with van der Waals surface area (Å²) in [5.41, 5.74) is 2.95. The van der Waals surface area contributed by atoms with Gasteiger partial charge in [0.25, 0.3) is 0 Å². The Bertz CT molecular complexity index is 818. The first-order valence-electron chi connectivity index (χ1n) is 7.00. The summed E-state index contributed by atoms with van der Waals surface area (Å²) in [5, 5.41) is 5.44. The lowest BCUT2D eigenvalue weighted by Crippen LogP contribution is -2.04. The van der Waals surface area contributed by atoms with Gasteiger partial charge in [0.1, 0.15) is 6.10 Å². The number of epoxide rings is 1. The van der Waals surface area contributed by atoms with Crippen molar-refractivity contribution in [3.8, 4) is 0 Å². The Labute approximate surface area is 111 Å². The zero-order chi connectivity index (χ0) is 12.4. The normalized spacial score (nSPS) is 24.2. The van der Waals surface area contributed by atoms with Gasteiger partial charge in [-0.3, -0.25) is 0 Å². The van der Waals surface area contributed by atoms with Gasteiger partial charge in [0.05, 0.1) is 6.10 Å². The van der Waals surface area contributed by atoms with Crippen LogP contribution < -0.4 is 0 Å². The van der Waals surface area contributed by atoms with Crippen molar-refractivity contribution in [1.82, 2.24) is 0 Å². The quantitative estimate of drug-likeness (QED) is 0.423.